The Balaban J connectivity index is 2.24. The molecule has 2 aromatic rings. The normalized spacial score (nSPS) is 11.6. The molecule has 0 spiro atoms. The Kier molecular flexibility index (Phi) is 4.03. The van der Waals surface area contributed by atoms with Crippen LogP contribution in [-0.4, -0.2) is 4.98 Å². The summed E-state index contributed by atoms with van der Waals surface area (Å²) in [5, 5.41) is 12.3. The van der Waals surface area contributed by atoms with Crippen molar-refractivity contribution < 1.29 is 0 Å². The molecule has 0 saturated heterocycles. The number of aromatic nitrogens is 1. The van der Waals surface area contributed by atoms with Gasteiger partial charge in [0.25, 0.3) is 0 Å². The lowest BCUT2D eigenvalue weighted by Crippen LogP contribution is -2.09. The number of nitrogens with two attached hydrogens (primary N) is 1. The van der Waals surface area contributed by atoms with Crippen LogP contribution in [-0.2, 0) is 0 Å². The summed E-state index contributed by atoms with van der Waals surface area (Å²) in [7, 11) is 0. The number of nitrogen functional groups attached to an aromatic ring is 1. The molecule has 1 aromatic heterocycles. The fraction of sp³-hybridized carbons (Fsp3) is 0.143. The van der Waals surface area contributed by atoms with E-state index in [1.54, 1.807) is 6.07 Å². The molecule has 0 bridgehead atoms. The average Bonchev–Trinajstić information content (AvgIpc) is 2.40. The van der Waals surface area contributed by atoms with Crippen LogP contribution >= 0.6 is 15.9 Å². The number of nitrogens with zero attached hydrogens (tertiary/aromatic N) is 2. The number of nitrogens with one attached hydrogen (secondary N) is 1. The lowest BCUT2D eigenvalue weighted by atomic mass is 10.1. The third-order valence-electron chi connectivity index (χ3n) is 2.73. The quantitative estimate of drug-likeness (QED) is 0.909. The first-order chi connectivity index (χ1) is 9.10. The zero-order chi connectivity index (χ0) is 13.8. The third-order valence-corrected chi connectivity index (χ3v) is 3.22. The van der Waals surface area contributed by atoms with Crippen molar-refractivity contribution in [1.82, 2.24) is 4.98 Å². The Morgan fingerprint density at radius 2 is 2.21 bits per heavy atom. The molecule has 0 aliphatic carbocycles. The Morgan fingerprint density at radius 3 is 2.89 bits per heavy atom. The van der Waals surface area contributed by atoms with Gasteiger partial charge in [0, 0.05) is 4.47 Å². The highest BCUT2D eigenvalue weighted by Crippen LogP contribution is 2.23. The van der Waals surface area contributed by atoms with Crippen LogP contribution in [0.15, 0.2) is 41.0 Å². The molecular formula is C14H13BrN4. The van der Waals surface area contributed by atoms with Gasteiger partial charge in [-0.1, -0.05) is 28.1 Å². The average molecular weight is 317 g/mol. The first-order valence-corrected chi connectivity index (χ1v) is 6.57. The minimum atomic E-state index is 0.0423. The number of benzene rings is 1. The van der Waals surface area contributed by atoms with E-state index in [-0.39, 0.29) is 6.04 Å². The molecule has 19 heavy (non-hydrogen) atoms. The summed E-state index contributed by atoms with van der Waals surface area (Å²) in [5.74, 6) is 0.546. The molecule has 5 heteroatoms. The van der Waals surface area contributed by atoms with Crippen molar-refractivity contribution in [3.8, 4) is 6.07 Å². The van der Waals surface area contributed by atoms with Crippen molar-refractivity contribution in [2.24, 2.45) is 0 Å². The van der Waals surface area contributed by atoms with E-state index in [9.17, 15) is 0 Å². The van der Waals surface area contributed by atoms with Crippen molar-refractivity contribution in [3.05, 3.63) is 52.1 Å². The molecule has 0 aliphatic rings. The second kappa shape index (κ2) is 5.72. The van der Waals surface area contributed by atoms with Gasteiger partial charge in [-0.3, -0.25) is 0 Å². The molecule has 2 rings (SSSR count). The predicted octanol–water partition coefficient (Wildman–Crippen LogP) is 3.47. The van der Waals surface area contributed by atoms with Crippen LogP contribution in [0.4, 0.5) is 11.5 Å². The molecule has 0 amide bonds. The minimum Gasteiger partial charge on any atom is -0.397 e. The van der Waals surface area contributed by atoms with Gasteiger partial charge in [-0.15, -0.1) is 0 Å². The Morgan fingerprint density at radius 1 is 1.42 bits per heavy atom. The second-order valence-corrected chi connectivity index (χ2v) is 5.11. The predicted molar refractivity (Wildman–Crippen MR) is 79.5 cm³/mol. The Bertz CT molecular complexity index is 634. The third kappa shape index (κ3) is 3.24. The van der Waals surface area contributed by atoms with Gasteiger partial charge in [0.2, 0.25) is 0 Å². The van der Waals surface area contributed by atoms with Gasteiger partial charge in [0.1, 0.15) is 11.9 Å². The van der Waals surface area contributed by atoms with Crippen LogP contribution in [0.25, 0.3) is 0 Å². The van der Waals surface area contributed by atoms with Crippen LogP contribution in [0, 0.1) is 11.3 Å². The highest BCUT2D eigenvalue weighted by Gasteiger charge is 2.10. The highest BCUT2D eigenvalue weighted by atomic mass is 79.9. The lowest BCUT2D eigenvalue weighted by molar-refractivity contribution is 0.873. The summed E-state index contributed by atoms with van der Waals surface area (Å²) in [4.78, 5) is 4.17. The van der Waals surface area contributed by atoms with E-state index in [0.29, 0.717) is 17.1 Å². The maximum atomic E-state index is 9.08. The molecule has 0 radical (unpaired) electrons. The standard InChI is InChI=1S/C14H13BrN4/c1-9(10-3-2-4-12(15)5-10)19-14-11(7-16)6-13(17)8-18-14/h2-6,8-9H,17H2,1H3,(H,18,19). The monoisotopic (exact) mass is 316 g/mol. The molecule has 0 aliphatic heterocycles. The van der Waals surface area contributed by atoms with E-state index in [2.05, 4.69) is 32.3 Å². The van der Waals surface area contributed by atoms with E-state index >= 15 is 0 Å². The Labute approximate surface area is 120 Å². The van der Waals surface area contributed by atoms with Crippen LogP contribution in [0.5, 0.6) is 0 Å². The van der Waals surface area contributed by atoms with Crippen LogP contribution in [0.3, 0.4) is 0 Å². The summed E-state index contributed by atoms with van der Waals surface area (Å²) in [6.45, 7) is 2.01. The summed E-state index contributed by atoms with van der Waals surface area (Å²) in [6, 6.07) is 11.7. The minimum absolute atomic E-state index is 0.0423. The molecule has 1 atom stereocenters. The summed E-state index contributed by atoms with van der Waals surface area (Å²) in [5.41, 5.74) is 7.66. The summed E-state index contributed by atoms with van der Waals surface area (Å²) >= 11 is 3.44. The molecule has 1 unspecified atom stereocenters. The molecular weight excluding hydrogens is 304 g/mol. The van der Waals surface area contributed by atoms with Crippen molar-refractivity contribution in [2.45, 2.75) is 13.0 Å². The van der Waals surface area contributed by atoms with Gasteiger partial charge < -0.3 is 11.1 Å². The number of hydrogen-bond acceptors (Lipinski definition) is 4. The van der Waals surface area contributed by atoms with Crippen molar-refractivity contribution in [1.29, 1.82) is 5.26 Å². The molecule has 4 nitrogen and oxygen atoms in total. The number of nitriles is 1. The molecule has 3 N–H and O–H groups in total. The van der Waals surface area contributed by atoms with Gasteiger partial charge in [0.15, 0.2) is 0 Å². The number of anilines is 2. The highest BCUT2D eigenvalue weighted by molar-refractivity contribution is 9.10. The smallest absolute Gasteiger partial charge is 0.144 e. The van der Waals surface area contributed by atoms with Crippen molar-refractivity contribution in [3.63, 3.8) is 0 Å². The topological polar surface area (TPSA) is 74.7 Å². The van der Waals surface area contributed by atoms with Crippen LogP contribution in [0.2, 0.25) is 0 Å². The molecule has 1 heterocycles. The van der Waals surface area contributed by atoms with E-state index in [1.165, 1.54) is 6.20 Å². The zero-order valence-corrected chi connectivity index (χ0v) is 12.0. The van der Waals surface area contributed by atoms with Gasteiger partial charge in [-0.25, -0.2) is 4.98 Å². The maximum Gasteiger partial charge on any atom is 0.144 e. The van der Waals surface area contributed by atoms with Crippen molar-refractivity contribution >= 4 is 27.4 Å². The van der Waals surface area contributed by atoms with Gasteiger partial charge in [-0.2, -0.15) is 5.26 Å². The fourth-order valence-corrected chi connectivity index (χ4v) is 2.16. The molecule has 0 fully saturated rings. The molecule has 0 saturated carbocycles. The SMILES string of the molecule is CC(Nc1ncc(N)cc1C#N)c1cccc(Br)c1. The fourth-order valence-electron chi connectivity index (χ4n) is 1.75. The lowest BCUT2D eigenvalue weighted by Gasteiger charge is -2.16. The summed E-state index contributed by atoms with van der Waals surface area (Å²) in [6.07, 6.45) is 1.54. The number of hydrogen-bond donors (Lipinski definition) is 2. The Hall–Kier alpha value is -2.06. The van der Waals surface area contributed by atoms with Crippen LogP contribution in [0.1, 0.15) is 24.1 Å². The van der Waals surface area contributed by atoms with E-state index < -0.39 is 0 Å². The van der Waals surface area contributed by atoms with Gasteiger partial charge >= 0.3 is 0 Å². The van der Waals surface area contributed by atoms with Crippen LogP contribution < -0.4 is 11.1 Å². The summed E-state index contributed by atoms with van der Waals surface area (Å²) < 4.78 is 1.02. The molecule has 1 aromatic carbocycles. The van der Waals surface area contributed by atoms with Gasteiger partial charge in [-0.05, 0) is 30.7 Å². The van der Waals surface area contributed by atoms with Gasteiger partial charge in [0.05, 0.1) is 23.5 Å². The van der Waals surface area contributed by atoms with Crippen molar-refractivity contribution in [2.75, 3.05) is 11.1 Å². The maximum absolute atomic E-state index is 9.08. The first kappa shape index (κ1) is 13.4. The number of pyridine rings is 1. The molecule has 96 valence electrons. The van der Waals surface area contributed by atoms with E-state index in [1.807, 2.05) is 31.2 Å². The largest absolute Gasteiger partial charge is 0.397 e. The second-order valence-electron chi connectivity index (χ2n) is 4.20. The number of halogens is 1. The number of rotatable bonds is 3. The van der Waals surface area contributed by atoms with E-state index in [4.69, 9.17) is 11.0 Å². The van der Waals surface area contributed by atoms with E-state index in [0.717, 1.165) is 10.0 Å². The zero-order valence-electron chi connectivity index (χ0n) is 10.4. The first-order valence-electron chi connectivity index (χ1n) is 5.78.